The van der Waals surface area contributed by atoms with Crippen molar-refractivity contribution in [2.75, 3.05) is 5.32 Å². The molecule has 0 aliphatic carbocycles. The van der Waals surface area contributed by atoms with Gasteiger partial charge in [-0.3, -0.25) is 4.79 Å². The van der Waals surface area contributed by atoms with Gasteiger partial charge >= 0.3 is 0 Å². The lowest BCUT2D eigenvalue weighted by molar-refractivity contribution is -0.120. The Morgan fingerprint density at radius 1 is 0.714 bits per heavy atom. The molecule has 0 saturated carbocycles. The first kappa shape index (κ1) is 17.7. The summed E-state index contributed by atoms with van der Waals surface area (Å²) < 4.78 is 0. The lowest BCUT2D eigenvalue weighted by atomic mass is 9.96. The van der Waals surface area contributed by atoms with Gasteiger partial charge in [0.1, 0.15) is 6.10 Å². The molecule has 1 amide bonds. The summed E-state index contributed by atoms with van der Waals surface area (Å²) in [6.07, 6.45) is -1.03. The van der Waals surface area contributed by atoms with Crippen molar-refractivity contribution < 1.29 is 9.90 Å². The van der Waals surface area contributed by atoms with Crippen LogP contribution in [0.15, 0.2) is 99.3 Å². The van der Waals surface area contributed by atoms with Crippen LogP contribution in [-0.2, 0) is 4.79 Å². The molecule has 0 spiro atoms. The van der Waals surface area contributed by atoms with Crippen LogP contribution in [0.1, 0.15) is 11.7 Å². The number of amides is 1. The monoisotopic (exact) mass is 371 g/mol. The van der Waals surface area contributed by atoms with Gasteiger partial charge in [0.05, 0.1) is 17.1 Å². The first-order valence-electron chi connectivity index (χ1n) is 8.76. The number of nitrogens with zero attached hydrogens (tertiary/aromatic N) is 4. The van der Waals surface area contributed by atoms with Crippen LogP contribution in [0.5, 0.6) is 0 Å². The van der Waals surface area contributed by atoms with Gasteiger partial charge in [-0.05, 0) is 42.5 Å². The Bertz CT molecular complexity index is 1030. The number of azo groups is 2. The van der Waals surface area contributed by atoms with Crippen LogP contribution in [0.25, 0.3) is 0 Å². The molecule has 3 aromatic rings. The standard InChI is InChI=1S/C21H17N5O2/c27-20-17-8-4-5-9-18(17)22-21(28)19(20)26-25-16-12-10-15(11-13-16)24-23-14-6-2-1-3-7-14/h1-13,19-20,27H,(H,22,28). The normalized spacial score (nSPS) is 19.0. The highest BCUT2D eigenvalue weighted by molar-refractivity contribution is 5.98. The maximum Gasteiger partial charge on any atom is 0.254 e. The van der Waals surface area contributed by atoms with E-state index < -0.39 is 12.1 Å². The molecule has 0 radical (unpaired) electrons. The number of hydrogen-bond donors (Lipinski definition) is 2. The third-order valence-corrected chi connectivity index (χ3v) is 4.29. The molecule has 7 heteroatoms. The molecule has 0 fully saturated rings. The average molecular weight is 371 g/mol. The van der Waals surface area contributed by atoms with Gasteiger partial charge in [0.15, 0.2) is 6.04 Å². The van der Waals surface area contributed by atoms with E-state index in [-0.39, 0.29) is 5.91 Å². The number of para-hydroxylation sites is 1. The molecule has 1 aliphatic heterocycles. The third-order valence-electron chi connectivity index (χ3n) is 4.29. The highest BCUT2D eigenvalue weighted by atomic mass is 16.3. The van der Waals surface area contributed by atoms with E-state index >= 15 is 0 Å². The van der Waals surface area contributed by atoms with Crippen LogP contribution < -0.4 is 5.32 Å². The fraction of sp³-hybridized carbons (Fsp3) is 0.0952. The third kappa shape index (κ3) is 3.84. The molecule has 7 nitrogen and oxygen atoms in total. The topological polar surface area (TPSA) is 98.8 Å². The molecular formula is C21H17N5O2. The SMILES string of the molecule is O=C1Nc2ccccc2C(O)C1N=Nc1ccc(N=Nc2ccccc2)cc1. The molecule has 2 unspecified atom stereocenters. The predicted molar refractivity (Wildman–Crippen MR) is 105 cm³/mol. The second-order valence-electron chi connectivity index (χ2n) is 6.23. The maximum absolute atomic E-state index is 12.2. The van der Waals surface area contributed by atoms with Gasteiger partial charge in [-0.15, -0.1) is 0 Å². The van der Waals surface area contributed by atoms with Crippen molar-refractivity contribution in [1.82, 2.24) is 0 Å². The highest BCUT2D eigenvalue weighted by Gasteiger charge is 2.34. The zero-order chi connectivity index (χ0) is 19.3. The first-order chi connectivity index (χ1) is 13.7. The summed E-state index contributed by atoms with van der Waals surface area (Å²) in [5.74, 6) is -0.386. The summed E-state index contributed by atoms with van der Waals surface area (Å²) in [6, 6.07) is 22.5. The largest absolute Gasteiger partial charge is 0.385 e. The van der Waals surface area contributed by atoms with Crippen molar-refractivity contribution in [3.8, 4) is 0 Å². The molecule has 4 rings (SSSR count). The van der Waals surface area contributed by atoms with E-state index in [0.717, 1.165) is 5.69 Å². The second-order valence-corrected chi connectivity index (χ2v) is 6.23. The van der Waals surface area contributed by atoms with Crippen molar-refractivity contribution >= 4 is 28.7 Å². The van der Waals surface area contributed by atoms with Crippen molar-refractivity contribution in [3.05, 3.63) is 84.4 Å². The average Bonchev–Trinajstić information content (AvgIpc) is 2.74. The number of aliphatic hydroxyl groups is 1. The van der Waals surface area contributed by atoms with Crippen molar-refractivity contribution in [1.29, 1.82) is 0 Å². The van der Waals surface area contributed by atoms with Gasteiger partial charge in [-0.25, -0.2) is 0 Å². The van der Waals surface area contributed by atoms with Crippen LogP contribution in [0, 0.1) is 0 Å². The van der Waals surface area contributed by atoms with E-state index in [1.807, 2.05) is 30.3 Å². The molecule has 0 bridgehead atoms. The minimum Gasteiger partial charge on any atom is -0.385 e. The molecule has 3 aromatic carbocycles. The summed E-state index contributed by atoms with van der Waals surface area (Å²) in [6.45, 7) is 0. The highest BCUT2D eigenvalue weighted by Crippen LogP contribution is 2.32. The van der Waals surface area contributed by atoms with Crippen molar-refractivity contribution in [2.45, 2.75) is 12.1 Å². The zero-order valence-corrected chi connectivity index (χ0v) is 14.8. The number of fused-ring (bicyclic) bond motifs is 1. The minimum absolute atomic E-state index is 0.386. The van der Waals surface area contributed by atoms with E-state index in [4.69, 9.17) is 0 Å². The quantitative estimate of drug-likeness (QED) is 0.613. The summed E-state index contributed by atoms with van der Waals surface area (Å²) in [5.41, 5.74) is 3.22. The second kappa shape index (κ2) is 7.89. The van der Waals surface area contributed by atoms with E-state index in [2.05, 4.69) is 25.8 Å². The molecule has 2 atom stereocenters. The summed E-state index contributed by atoms with van der Waals surface area (Å²) in [4.78, 5) is 12.2. The number of aliphatic hydroxyl groups excluding tert-OH is 1. The Labute approximate surface area is 161 Å². The van der Waals surface area contributed by atoms with Crippen LogP contribution in [0.2, 0.25) is 0 Å². The lowest BCUT2D eigenvalue weighted by Crippen LogP contribution is -2.36. The maximum atomic E-state index is 12.2. The summed E-state index contributed by atoms with van der Waals surface area (Å²) in [7, 11) is 0. The summed E-state index contributed by atoms with van der Waals surface area (Å²) in [5, 5.41) is 29.6. The van der Waals surface area contributed by atoms with Gasteiger partial charge < -0.3 is 10.4 Å². The Hall–Kier alpha value is -3.71. The molecule has 1 aliphatic rings. The molecule has 28 heavy (non-hydrogen) atoms. The smallest absolute Gasteiger partial charge is 0.254 e. The van der Waals surface area contributed by atoms with E-state index in [9.17, 15) is 9.90 Å². The number of carbonyl (C=O) groups is 1. The Morgan fingerprint density at radius 2 is 1.29 bits per heavy atom. The molecule has 0 saturated heterocycles. The Balaban J connectivity index is 1.46. The van der Waals surface area contributed by atoms with Crippen LogP contribution in [-0.4, -0.2) is 17.1 Å². The van der Waals surface area contributed by atoms with Gasteiger partial charge in [0.2, 0.25) is 0 Å². The van der Waals surface area contributed by atoms with Crippen molar-refractivity contribution in [3.63, 3.8) is 0 Å². The number of hydrogen-bond acceptors (Lipinski definition) is 6. The van der Waals surface area contributed by atoms with Gasteiger partial charge in [0.25, 0.3) is 5.91 Å². The number of anilines is 1. The lowest BCUT2D eigenvalue weighted by Gasteiger charge is -2.26. The van der Waals surface area contributed by atoms with E-state index in [1.54, 1.807) is 48.5 Å². The number of nitrogens with one attached hydrogen (secondary N) is 1. The minimum atomic E-state index is -1.03. The first-order valence-corrected chi connectivity index (χ1v) is 8.76. The zero-order valence-electron chi connectivity index (χ0n) is 14.8. The Kier molecular flexibility index (Phi) is 4.99. The van der Waals surface area contributed by atoms with E-state index in [0.29, 0.717) is 22.6 Å². The molecule has 138 valence electrons. The molecular weight excluding hydrogens is 354 g/mol. The van der Waals surface area contributed by atoms with Crippen LogP contribution >= 0.6 is 0 Å². The fourth-order valence-corrected chi connectivity index (χ4v) is 2.83. The van der Waals surface area contributed by atoms with Crippen LogP contribution in [0.4, 0.5) is 22.7 Å². The Morgan fingerprint density at radius 3 is 2.00 bits per heavy atom. The number of carbonyl (C=O) groups excluding carboxylic acids is 1. The van der Waals surface area contributed by atoms with Gasteiger partial charge in [-0.1, -0.05) is 36.4 Å². The van der Waals surface area contributed by atoms with Gasteiger partial charge in [-0.2, -0.15) is 20.5 Å². The molecule has 1 heterocycles. The van der Waals surface area contributed by atoms with Gasteiger partial charge in [0, 0.05) is 11.3 Å². The predicted octanol–water partition coefficient (Wildman–Crippen LogP) is 5.24. The molecule has 0 aromatic heterocycles. The number of benzene rings is 3. The fourth-order valence-electron chi connectivity index (χ4n) is 2.83. The van der Waals surface area contributed by atoms with E-state index in [1.165, 1.54) is 0 Å². The summed E-state index contributed by atoms with van der Waals surface area (Å²) >= 11 is 0. The molecule has 2 N–H and O–H groups in total. The van der Waals surface area contributed by atoms with Crippen LogP contribution in [0.3, 0.4) is 0 Å². The van der Waals surface area contributed by atoms with Crippen molar-refractivity contribution in [2.24, 2.45) is 20.5 Å². The number of rotatable bonds is 4.